The lowest BCUT2D eigenvalue weighted by molar-refractivity contribution is 0.0728. The number of hydrogen-bond acceptors (Lipinski definition) is 3. The highest BCUT2D eigenvalue weighted by Crippen LogP contribution is 2.43. The zero-order valence-corrected chi connectivity index (χ0v) is 12.7. The Kier molecular flexibility index (Phi) is 3.96. The number of carbonyl (C=O) groups excluding carboxylic acids is 1. The lowest BCUT2D eigenvalue weighted by atomic mass is 10.2. The molecule has 1 saturated heterocycles. The van der Waals surface area contributed by atoms with Crippen LogP contribution in [0.2, 0.25) is 10.0 Å². The number of nitrogens with zero attached hydrogens (tertiary/aromatic N) is 1. The van der Waals surface area contributed by atoms with E-state index in [4.69, 9.17) is 27.6 Å². The SMILES string of the molecule is O=C(c1ccco1)N1CCS[C@H]1c1cccc(Cl)c1Cl. The zero-order valence-electron chi connectivity index (χ0n) is 10.4. The maximum absolute atomic E-state index is 12.4. The molecule has 104 valence electrons. The first kappa shape index (κ1) is 13.9. The van der Waals surface area contributed by atoms with E-state index < -0.39 is 0 Å². The molecule has 6 heteroatoms. The van der Waals surface area contributed by atoms with Crippen molar-refractivity contribution in [2.24, 2.45) is 0 Å². The van der Waals surface area contributed by atoms with Crippen LogP contribution in [0.1, 0.15) is 21.5 Å². The van der Waals surface area contributed by atoms with Crippen LogP contribution in [0.3, 0.4) is 0 Å². The molecule has 1 aromatic carbocycles. The van der Waals surface area contributed by atoms with Crippen LogP contribution in [0.4, 0.5) is 0 Å². The van der Waals surface area contributed by atoms with Crippen molar-refractivity contribution >= 4 is 40.9 Å². The van der Waals surface area contributed by atoms with Gasteiger partial charge in [0.1, 0.15) is 5.37 Å². The summed E-state index contributed by atoms with van der Waals surface area (Å²) in [5, 5.41) is 0.881. The summed E-state index contributed by atoms with van der Waals surface area (Å²) in [5.74, 6) is 1.08. The highest BCUT2D eigenvalue weighted by Gasteiger charge is 2.33. The predicted molar refractivity (Wildman–Crippen MR) is 81.4 cm³/mol. The van der Waals surface area contributed by atoms with Gasteiger partial charge in [-0.25, -0.2) is 0 Å². The summed E-state index contributed by atoms with van der Waals surface area (Å²) in [7, 11) is 0. The van der Waals surface area contributed by atoms with Gasteiger partial charge in [0, 0.05) is 17.9 Å². The van der Waals surface area contributed by atoms with Gasteiger partial charge in [0.05, 0.1) is 16.3 Å². The fourth-order valence-electron chi connectivity index (χ4n) is 2.19. The topological polar surface area (TPSA) is 33.5 Å². The van der Waals surface area contributed by atoms with Gasteiger partial charge in [0.2, 0.25) is 0 Å². The molecule has 0 unspecified atom stereocenters. The fourth-order valence-corrected chi connectivity index (χ4v) is 3.95. The van der Waals surface area contributed by atoms with Crippen LogP contribution in [0.5, 0.6) is 0 Å². The van der Waals surface area contributed by atoms with Crippen molar-refractivity contribution in [1.82, 2.24) is 4.90 Å². The van der Waals surface area contributed by atoms with Crippen LogP contribution in [-0.4, -0.2) is 23.1 Å². The van der Waals surface area contributed by atoms with Crippen molar-refractivity contribution in [2.45, 2.75) is 5.37 Å². The molecular formula is C14H11Cl2NO2S. The number of furan rings is 1. The molecular weight excluding hydrogens is 317 g/mol. The minimum atomic E-state index is -0.126. The van der Waals surface area contributed by atoms with Crippen molar-refractivity contribution in [2.75, 3.05) is 12.3 Å². The Labute approximate surface area is 130 Å². The second kappa shape index (κ2) is 5.72. The Morgan fingerprint density at radius 3 is 2.90 bits per heavy atom. The van der Waals surface area contributed by atoms with E-state index in [1.54, 1.807) is 34.9 Å². The van der Waals surface area contributed by atoms with E-state index in [0.717, 1.165) is 11.3 Å². The summed E-state index contributed by atoms with van der Waals surface area (Å²) < 4.78 is 5.19. The Bertz CT molecular complexity index is 630. The van der Waals surface area contributed by atoms with Gasteiger partial charge in [0.25, 0.3) is 5.91 Å². The van der Waals surface area contributed by atoms with E-state index in [2.05, 4.69) is 0 Å². The standard InChI is InChI=1S/C14H11Cl2NO2S/c15-10-4-1-3-9(12(10)16)14-17(6-8-20-14)13(18)11-5-2-7-19-11/h1-5,7,14H,6,8H2/t14-/m0/s1. The van der Waals surface area contributed by atoms with Gasteiger partial charge in [-0.1, -0.05) is 35.3 Å². The third kappa shape index (κ3) is 2.43. The number of thioether (sulfide) groups is 1. The highest BCUT2D eigenvalue weighted by atomic mass is 35.5. The van der Waals surface area contributed by atoms with Crippen LogP contribution >= 0.6 is 35.0 Å². The average molecular weight is 328 g/mol. The summed E-state index contributed by atoms with van der Waals surface area (Å²) in [5.41, 5.74) is 0.863. The van der Waals surface area contributed by atoms with Crippen LogP contribution in [0, 0.1) is 0 Å². The van der Waals surface area contributed by atoms with Gasteiger partial charge in [-0.3, -0.25) is 4.79 Å². The van der Waals surface area contributed by atoms with E-state index in [-0.39, 0.29) is 11.3 Å². The van der Waals surface area contributed by atoms with Crippen molar-refractivity contribution < 1.29 is 9.21 Å². The molecule has 1 amide bonds. The van der Waals surface area contributed by atoms with Crippen LogP contribution < -0.4 is 0 Å². The van der Waals surface area contributed by atoms with Gasteiger partial charge >= 0.3 is 0 Å². The molecule has 1 aliphatic rings. The molecule has 20 heavy (non-hydrogen) atoms. The third-order valence-corrected chi connectivity index (χ3v) is 5.21. The first-order valence-electron chi connectivity index (χ1n) is 6.08. The van der Waals surface area contributed by atoms with E-state index in [0.29, 0.717) is 22.4 Å². The van der Waals surface area contributed by atoms with Crippen LogP contribution in [0.25, 0.3) is 0 Å². The first-order valence-corrected chi connectivity index (χ1v) is 7.89. The number of halogens is 2. The lowest BCUT2D eigenvalue weighted by Crippen LogP contribution is -2.30. The Hall–Kier alpha value is -1.10. The number of benzene rings is 1. The van der Waals surface area contributed by atoms with Gasteiger partial charge in [-0.05, 0) is 18.2 Å². The first-order chi connectivity index (χ1) is 9.68. The molecule has 2 heterocycles. The predicted octanol–water partition coefficient (Wildman–Crippen LogP) is 4.47. The third-order valence-electron chi connectivity index (χ3n) is 3.13. The molecule has 0 aliphatic carbocycles. The molecule has 1 aliphatic heterocycles. The zero-order chi connectivity index (χ0) is 14.1. The van der Waals surface area contributed by atoms with Crippen LogP contribution in [-0.2, 0) is 0 Å². The highest BCUT2D eigenvalue weighted by molar-refractivity contribution is 7.99. The molecule has 0 N–H and O–H groups in total. The molecule has 0 spiro atoms. The summed E-state index contributed by atoms with van der Waals surface area (Å²) in [4.78, 5) is 14.2. The summed E-state index contributed by atoms with van der Waals surface area (Å²) >= 11 is 14.0. The number of amides is 1. The maximum atomic E-state index is 12.4. The largest absolute Gasteiger partial charge is 0.459 e. The Balaban J connectivity index is 1.93. The molecule has 0 bridgehead atoms. The normalized spacial score (nSPS) is 18.5. The fraction of sp³-hybridized carbons (Fsp3) is 0.214. The molecule has 0 saturated carbocycles. The number of carbonyl (C=O) groups is 1. The van der Waals surface area contributed by atoms with Crippen molar-refractivity contribution in [3.8, 4) is 0 Å². The summed E-state index contributed by atoms with van der Waals surface area (Å²) in [6, 6.07) is 8.86. The monoisotopic (exact) mass is 327 g/mol. The number of rotatable bonds is 2. The van der Waals surface area contributed by atoms with E-state index >= 15 is 0 Å². The van der Waals surface area contributed by atoms with Crippen molar-refractivity contribution in [1.29, 1.82) is 0 Å². The molecule has 1 atom stereocenters. The number of hydrogen-bond donors (Lipinski definition) is 0. The molecule has 1 aromatic heterocycles. The summed E-state index contributed by atoms with van der Waals surface area (Å²) in [6.07, 6.45) is 1.50. The van der Waals surface area contributed by atoms with Crippen molar-refractivity contribution in [3.63, 3.8) is 0 Å². The average Bonchev–Trinajstić information content (AvgIpc) is 3.11. The van der Waals surface area contributed by atoms with E-state index in [1.165, 1.54) is 6.26 Å². The van der Waals surface area contributed by atoms with Gasteiger partial charge < -0.3 is 9.32 Å². The van der Waals surface area contributed by atoms with Crippen LogP contribution in [0.15, 0.2) is 41.0 Å². The van der Waals surface area contributed by atoms with E-state index in [9.17, 15) is 4.79 Å². The minimum absolute atomic E-state index is 0.124. The van der Waals surface area contributed by atoms with Crippen molar-refractivity contribution in [3.05, 3.63) is 58.0 Å². The molecule has 0 radical (unpaired) electrons. The van der Waals surface area contributed by atoms with Gasteiger partial charge in [0.15, 0.2) is 5.76 Å². The summed E-state index contributed by atoms with van der Waals surface area (Å²) in [6.45, 7) is 0.664. The molecule has 2 aromatic rings. The maximum Gasteiger partial charge on any atom is 0.290 e. The molecule has 3 rings (SSSR count). The quantitative estimate of drug-likeness (QED) is 0.815. The van der Waals surface area contributed by atoms with E-state index in [1.807, 2.05) is 12.1 Å². The smallest absolute Gasteiger partial charge is 0.290 e. The second-order valence-corrected chi connectivity index (χ2v) is 6.32. The Morgan fingerprint density at radius 2 is 2.15 bits per heavy atom. The second-order valence-electron chi connectivity index (χ2n) is 4.34. The molecule has 3 nitrogen and oxygen atoms in total. The van der Waals surface area contributed by atoms with Gasteiger partial charge in [-0.2, -0.15) is 0 Å². The van der Waals surface area contributed by atoms with Gasteiger partial charge in [-0.15, -0.1) is 11.8 Å². The Morgan fingerprint density at radius 1 is 1.30 bits per heavy atom. The molecule has 1 fully saturated rings. The lowest BCUT2D eigenvalue weighted by Gasteiger charge is -2.24. The minimum Gasteiger partial charge on any atom is -0.459 e.